The molecule has 1 N–H and O–H groups in total. The number of carbonyl (C=O) groups is 1. The lowest BCUT2D eigenvalue weighted by Gasteiger charge is -2.09. The molecule has 1 rings (SSSR count). The first-order valence-corrected chi connectivity index (χ1v) is 4.02. The zero-order chi connectivity index (χ0) is 11.8. The summed E-state index contributed by atoms with van der Waals surface area (Å²) < 4.78 is 36.9. The number of carboxylic acids is 1. The zero-order valence-electron chi connectivity index (χ0n) is 6.64. The number of nitrogens with zero attached hydrogens (tertiary/aromatic N) is 2. The SMILES string of the molecule is O=C(O)c1c(Cl)nc(Cl)nc1C(F)(F)F. The number of aromatic carboxylic acids is 1. The Bertz CT molecular complexity index is 422. The molecule has 0 saturated carbocycles. The highest BCUT2D eigenvalue weighted by molar-refractivity contribution is 6.34. The fourth-order valence-electron chi connectivity index (χ4n) is 0.802. The van der Waals surface area contributed by atoms with E-state index < -0.39 is 33.8 Å². The van der Waals surface area contributed by atoms with Crippen LogP contribution in [0.1, 0.15) is 16.1 Å². The number of aromatic nitrogens is 2. The van der Waals surface area contributed by atoms with Gasteiger partial charge < -0.3 is 5.11 Å². The average molecular weight is 261 g/mol. The van der Waals surface area contributed by atoms with Gasteiger partial charge >= 0.3 is 12.1 Å². The lowest BCUT2D eigenvalue weighted by molar-refractivity contribution is -0.141. The van der Waals surface area contributed by atoms with Gasteiger partial charge in [0.25, 0.3) is 0 Å². The molecule has 0 spiro atoms. The van der Waals surface area contributed by atoms with Crippen LogP contribution in [0.25, 0.3) is 0 Å². The van der Waals surface area contributed by atoms with Crippen LogP contribution in [0.2, 0.25) is 10.4 Å². The third kappa shape index (κ3) is 2.48. The quantitative estimate of drug-likeness (QED) is 0.623. The highest BCUT2D eigenvalue weighted by Crippen LogP contribution is 2.33. The van der Waals surface area contributed by atoms with Crippen molar-refractivity contribution in [2.75, 3.05) is 0 Å². The lowest BCUT2D eigenvalue weighted by atomic mass is 10.2. The first-order valence-electron chi connectivity index (χ1n) is 3.27. The zero-order valence-corrected chi connectivity index (χ0v) is 8.15. The van der Waals surface area contributed by atoms with Gasteiger partial charge in [-0.15, -0.1) is 0 Å². The van der Waals surface area contributed by atoms with Crippen molar-refractivity contribution in [2.24, 2.45) is 0 Å². The van der Waals surface area contributed by atoms with Crippen LogP contribution in [-0.4, -0.2) is 21.0 Å². The van der Waals surface area contributed by atoms with Crippen molar-refractivity contribution < 1.29 is 23.1 Å². The predicted octanol–water partition coefficient (Wildman–Crippen LogP) is 2.50. The third-order valence-corrected chi connectivity index (χ3v) is 1.76. The molecule has 0 amide bonds. The summed E-state index contributed by atoms with van der Waals surface area (Å²) in [5, 5.41) is 6.87. The second-order valence-electron chi connectivity index (χ2n) is 2.31. The summed E-state index contributed by atoms with van der Waals surface area (Å²) in [5.74, 6) is -1.87. The smallest absolute Gasteiger partial charge is 0.434 e. The largest absolute Gasteiger partial charge is 0.478 e. The molecule has 9 heteroatoms. The molecule has 0 unspecified atom stereocenters. The minimum Gasteiger partial charge on any atom is -0.478 e. The molecular formula is C6HCl2F3N2O2. The number of alkyl halides is 3. The van der Waals surface area contributed by atoms with Crippen LogP contribution in [0.4, 0.5) is 13.2 Å². The molecule has 0 aliphatic rings. The molecule has 0 aromatic carbocycles. The Morgan fingerprint density at radius 1 is 1.27 bits per heavy atom. The number of halogens is 5. The van der Waals surface area contributed by atoms with E-state index in [9.17, 15) is 18.0 Å². The van der Waals surface area contributed by atoms with E-state index in [1.807, 2.05) is 0 Å². The van der Waals surface area contributed by atoms with E-state index in [4.69, 9.17) is 28.3 Å². The van der Waals surface area contributed by atoms with Gasteiger partial charge in [-0.05, 0) is 11.6 Å². The summed E-state index contributed by atoms with van der Waals surface area (Å²) in [6, 6.07) is 0. The Morgan fingerprint density at radius 3 is 2.20 bits per heavy atom. The normalized spacial score (nSPS) is 11.5. The van der Waals surface area contributed by atoms with E-state index in [0.29, 0.717) is 0 Å². The van der Waals surface area contributed by atoms with Gasteiger partial charge in [-0.1, -0.05) is 11.6 Å². The Morgan fingerprint density at radius 2 is 1.80 bits per heavy atom. The minimum atomic E-state index is -4.95. The number of carboxylic acid groups (broad SMARTS) is 1. The van der Waals surface area contributed by atoms with Gasteiger partial charge in [0, 0.05) is 0 Å². The molecule has 4 nitrogen and oxygen atoms in total. The highest BCUT2D eigenvalue weighted by Gasteiger charge is 2.39. The molecule has 0 aliphatic heterocycles. The second kappa shape index (κ2) is 3.82. The number of rotatable bonds is 1. The van der Waals surface area contributed by atoms with Gasteiger partial charge in [0.15, 0.2) is 5.69 Å². The third-order valence-electron chi connectivity index (χ3n) is 1.32. The fraction of sp³-hybridized carbons (Fsp3) is 0.167. The molecule has 0 fully saturated rings. The van der Waals surface area contributed by atoms with Gasteiger partial charge in [0.1, 0.15) is 10.7 Å². The van der Waals surface area contributed by atoms with Crippen LogP contribution in [0.3, 0.4) is 0 Å². The van der Waals surface area contributed by atoms with Crippen LogP contribution in [0.15, 0.2) is 0 Å². The Hall–Kier alpha value is -1.08. The van der Waals surface area contributed by atoms with E-state index in [2.05, 4.69) is 9.97 Å². The van der Waals surface area contributed by atoms with Crippen LogP contribution in [-0.2, 0) is 6.18 Å². The standard InChI is InChI=1S/C6HCl2F3N2O2/c7-3-1(4(14)15)2(6(9,10)11)12-5(8)13-3/h(H,14,15). The maximum Gasteiger partial charge on any atom is 0.434 e. The molecule has 0 saturated heterocycles. The average Bonchev–Trinajstić information content (AvgIpc) is 1.99. The van der Waals surface area contributed by atoms with Crippen LogP contribution in [0, 0.1) is 0 Å². The predicted molar refractivity (Wildman–Crippen MR) is 44.0 cm³/mol. The topological polar surface area (TPSA) is 63.1 Å². The Balaban J connectivity index is 3.54. The minimum absolute atomic E-state index is 0.766. The van der Waals surface area contributed by atoms with E-state index in [1.165, 1.54) is 0 Å². The van der Waals surface area contributed by atoms with Crippen molar-refractivity contribution >= 4 is 29.2 Å². The van der Waals surface area contributed by atoms with Gasteiger partial charge in [-0.25, -0.2) is 14.8 Å². The maximum atomic E-state index is 12.3. The van der Waals surface area contributed by atoms with Crippen LogP contribution in [0.5, 0.6) is 0 Å². The summed E-state index contributed by atoms with van der Waals surface area (Å²) >= 11 is 10.4. The molecule has 0 radical (unpaired) electrons. The van der Waals surface area contributed by atoms with Crippen molar-refractivity contribution in [1.82, 2.24) is 9.97 Å². The summed E-state index contributed by atoms with van der Waals surface area (Å²) in [4.78, 5) is 16.4. The number of hydrogen-bond donors (Lipinski definition) is 1. The summed E-state index contributed by atoms with van der Waals surface area (Å²) in [6.45, 7) is 0. The second-order valence-corrected chi connectivity index (χ2v) is 3.01. The monoisotopic (exact) mass is 260 g/mol. The highest BCUT2D eigenvalue weighted by atomic mass is 35.5. The van der Waals surface area contributed by atoms with Gasteiger partial charge in [-0.3, -0.25) is 0 Å². The first kappa shape index (κ1) is 12.0. The van der Waals surface area contributed by atoms with Gasteiger partial charge in [0.2, 0.25) is 5.28 Å². The van der Waals surface area contributed by atoms with Crippen LogP contribution < -0.4 is 0 Å². The summed E-state index contributed by atoms with van der Waals surface area (Å²) in [7, 11) is 0. The van der Waals surface area contributed by atoms with Crippen molar-refractivity contribution in [3.05, 3.63) is 21.7 Å². The molecule has 1 aromatic rings. The number of hydrogen-bond acceptors (Lipinski definition) is 3. The Kier molecular flexibility index (Phi) is 3.05. The molecule has 15 heavy (non-hydrogen) atoms. The van der Waals surface area contributed by atoms with Crippen molar-refractivity contribution in [1.29, 1.82) is 0 Å². The van der Waals surface area contributed by atoms with Crippen molar-refractivity contribution in [3.63, 3.8) is 0 Å². The van der Waals surface area contributed by atoms with Gasteiger partial charge in [-0.2, -0.15) is 13.2 Å². The molecule has 1 aromatic heterocycles. The maximum absolute atomic E-state index is 12.3. The van der Waals surface area contributed by atoms with Crippen molar-refractivity contribution in [3.8, 4) is 0 Å². The molecule has 82 valence electrons. The summed E-state index contributed by atoms with van der Waals surface area (Å²) in [5.41, 5.74) is -2.88. The molecule has 1 heterocycles. The first-order chi connectivity index (χ1) is 6.73. The van der Waals surface area contributed by atoms with E-state index in [-0.39, 0.29) is 0 Å². The van der Waals surface area contributed by atoms with E-state index >= 15 is 0 Å². The van der Waals surface area contributed by atoms with Crippen LogP contribution >= 0.6 is 23.2 Å². The molecule has 0 bridgehead atoms. The molecule has 0 aliphatic carbocycles. The molecular weight excluding hydrogens is 260 g/mol. The molecule has 0 atom stereocenters. The lowest BCUT2D eigenvalue weighted by Crippen LogP contribution is -2.17. The Labute approximate surface area is 90.7 Å². The fourth-order valence-corrected chi connectivity index (χ4v) is 1.27. The van der Waals surface area contributed by atoms with Gasteiger partial charge in [0.05, 0.1) is 0 Å². The van der Waals surface area contributed by atoms with Crippen molar-refractivity contribution in [2.45, 2.75) is 6.18 Å². The summed E-state index contributed by atoms with van der Waals surface area (Å²) in [6.07, 6.45) is -4.95. The van der Waals surface area contributed by atoms with E-state index in [0.717, 1.165) is 0 Å². The van der Waals surface area contributed by atoms with E-state index in [1.54, 1.807) is 0 Å².